The van der Waals surface area contributed by atoms with Gasteiger partial charge in [-0.3, -0.25) is 9.78 Å². The van der Waals surface area contributed by atoms with Crippen molar-refractivity contribution >= 4 is 28.4 Å². The molecule has 0 saturated heterocycles. The molecule has 0 aliphatic rings. The van der Waals surface area contributed by atoms with E-state index >= 15 is 0 Å². The third-order valence-corrected chi connectivity index (χ3v) is 4.88. The standard InChI is InChI=1S/C18H17N7OS/c1-12-23-24-16(27-12)4-6-20-18(26)14-7-15-17(21-9-14)25(11-22-15)10-13-3-2-5-19-8-13/h2-3,5,7-9,11H,4,6,10H2,1H3,(H,20,26). The lowest BCUT2D eigenvalue weighted by Crippen LogP contribution is -2.25. The van der Waals surface area contributed by atoms with E-state index in [1.165, 1.54) is 11.3 Å². The van der Waals surface area contributed by atoms with Crippen LogP contribution in [-0.2, 0) is 13.0 Å². The molecular weight excluding hydrogens is 362 g/mol. The molecule has 4 aromatic heterocycles. The molecule has 0 aromatic carbocycles. The van der Waals surface area contributed by atoms with Crippen molar-refractivity contribution < 1.29 is 4.79 Å². The van der Waals surface area contributed by atoms with E-state index in [0.29, 0.717) is 30.6 Å². The van der Waals surface area contributed by atoms with Gasteiger partial charge in [0.2, 0.25) is 0 Å². The molecule has 0 fully saturated rings. The van der Waals surface area contributed by atoms with E-state index in [0.717, 1.165) is 21.2 Å². The summed E-state index contributed by atoms with van der Waals surface area (Å²) in [6.45, 7) is 3.04. The fourth-order valence-corrected chi connectivity index (χ4v) is 3.41. The fourth-order valence-electron chi connectivity index (χ4n) is 2.70. The summed E-state index contributed by atoms with van der Waals surface area (Å²) in [6, 6.07) is 5.65. The number of hydrogen-bond acceptors (Lipinski definition) is 7. The van der Waals surface area contributed by atoms with Gasteiger partial charge < -0.3 is 9.88 Å². The first-order chi connectivity index (χ1) is 13.2. The van der Waals surface area contributed by atoms with Gasteiger partial charge in [0, 0.05) is 31.6 Å². The molecule has 0 unspecified atom stereocenters. The van der Waals surface area contributed by atoms with Crippen molar-refractivity contribution in [3.63, 3.8) is 0 Å². The van der Waals surface area contributed by atoms with Crippen LogP contribution in [0.1, 0.15) is 25.9 Å². The third-order valence-electron chi connectivity index (χ3n) is 3.99. The summed E-state index contributed by atoms with van der Waals surface area (Å²) in [7, 11) is 0. The minimum absolute atomic E-state index is 0.174. The van der Waals surface area contributed by atoms with E-state index in [9.17, 15) is 4.79 Å². The fraction of sp³-hybridized carbons (Fsp3) is 0.222. The van der Waals surface area contributed by atoms with Crippen LogP contribution in [0.4, 0.5) is 0 Å². The van der Waals surface area contributed by atoms with Gasteiger partial charge in [0.1, 0.15) is 15.5 Å². The van der Waals surface area contributed by atoms with Gasteiger partial charge in [0.15, 0.2) is 5.65 Å². The van der Waals surface area contributed by atoms with Crippen LogP contribution in [-0.4, -0.2) is 42.2 Å². The summed E-state index contributed by atoms with van der Waals surface area (Å²) in [5, 5.41) is 12.7. The maximum Gasteiger partial charge on any atom is 0.252 e. The summed E-state index contributed by atoms with van der Waals surface area (Å²) in [5.41, 5.74) is 2.97. The Morgan fingerprint density at radius 2 is 2.19 bits per heavy atom. The van der Waals surface area contributed by atoms with Crippen LogP contribution >= 0.6 is 11.3 Å². The maximum atomic E-state index is 12.4. The molecule has 4 rings (SSSR count). The molecule has 0 bridgehead atoms. The first kappa shape index (κ1) is 17.2. The smallest absolute Gasteiger partial charge is 0.252 e. The second kappa shape index (κ2) is 7.58. The molecule has 4 aromatic rings. The number of amides is 1. The Balaban J connectivity index is 1.43. The lowest BCUT2D eigenvalue weighted by molar-refractivity contribution is 0.0954. The Morgan fingerprint density at radius 1 is 1.26 bits per heavy atom. The zero-order chi connectivity index (χ0) is 18.6. The summed E-state index contributed by atoms with van der Waals surface area (Å²) < 4.78 is 1.94. The molecule has 0 atom stereocenters. The third kappa shape index (κ3) is 3.98. The molecule has 0 saturated carbocycles. The van der Waals surface area contributed by atoms with Gasteiger partial charge >= 0.3 is 0 Å². The topological polar surface area (TPSA) is 98.5 Å². The number of fused-ring (bicyclic) bond motifs is 1. The highest BCUT2D eigenvalue weighted by atomic mass is 32.1. The quantitative estimate of drug-likeness (QED) is 0.550. The monoisotopic (exact) mass is 379 g/mol. The largest absolute Gasteiger partial charge is 0.352 e. The number of nitrogens with zero attached hydrogens (tertiary/aromatic N) is 6. The highest BCUT2D eigenvalue weighted by molar-refractivity contribution is 7.11. The molecule has 0 radical (unpaired) electrons. The average molecular weight is 379 g/mol. The van der Waals surface area contributed by atoms with E-state index < -0.39 is 0 Å². The van der Waals surface area contributed by atoms with Gasteiger partial charge in [0.25, 0.3) is 5.91 Å². The predicted octanol–water partition coefficient (Wildman–Crippen LogP) is 2.01. The highest BCUT2D eigenvalue weighted by Crippen LogP contribution is 2.14. The molecule has 27 heavy (non-hydrogen) atoms. The van der Waals surface area contributed by atoms with E-state index in [1.54, 1.807) is 24.8 Å². The van der Waals surface area contributed by atoms with Crippen molar-refractivity contribution in [1.82, 2.24) is 35.0 Å². The zero-order valence-electron chi connectivity index (χ0n) is 14.7. The maximum absolute atomic E-state index is 12.4. The van der Waals surface area contributed by atoms with Crippen molar-refractivity contribution in [1.29, 1.82) is 0 Å². The molecule has 136 valence electrons. The van der Waals surface area contributed by atoms with Crippen molar-refractivity contribution in [2.45, 2.75) is 19.9 Å². The number of hydrogen-bond donors (Lipinski definition) is 1. The van der Waals surface area contributed by atoms with Gasteiger partial charge in [0.05, 0.1) is 18.4 Å². The van der Waals surface area contributed by atoms with Gasteiger partial charge in [-0.15, -0.1) is 21.5 Å². The van der Waals surface area contributed by atoms with E-state index in [2.05, 4.69) is 30.5 Å². The Labute approximate surface area is 159 Å². The SMILES string of the molecule is Cc1nnc(CCNC(=O)c2cnc3c(c2)ncn3Cc2cccnc2)s1. The van der Waals surface area contributed by atoms with Crippen molar-refractivity contribution in [3.8, 4) is 0 Å². The normalized spacial score (nSPS) is 11.0. The van der Waals surface area contributed by atoms with Crippen molar-refractivity contribution in [3.05, 3.63) is 64.3 Å². The lowest BCUT2D eigenvalue weighted by atomic mass is 10.2. The number of carbonyl (C=O) groups excluding carboxylic acids is 1. The molecule has 9 heteroatoms. The molecule has 0 spiro atoms. The Hall–Kier alpha value is -3.20. The van der Waals surface area contributed by atoms with Crippen LogP contribution in [0.3, 0.4) is 0 Å². The van der Waals surface area contributed by atoms with Crippen LogP contribution in [0.5, 0.6) is 0 Å². The summed E-state index contributed by atoms with van der Waals surface area (Å²) in [4.78, 5) is 25.3. The van der Waals surface area contributed by atoms with Crippen molar-refractivity contribution in [2.75, 3.05) is 6.54 Å². The number of carbonyl (C=O) groups is 1. The number of imidazole rings is 1. The van der Waals surface area contributed by atoms with Crippen LogP contribution in [0, 0.1) is 6.92 Å². The molecule has 1 N–H and O–H groups in total. The second-order valence-corrected chi connectivity index (χ2v) is 7.29. The van der Waals surface area contributed by atoms with Crippen LogP contribution in [0.25, 0.3) is 11.2 Å². The summed E-state index contributed by atoms with van der Waals surface area (Å²) in [6.07, 6.45) is 7.52. The number of aromatic nitrogens is 6. The van der Waals surface area contributed by atoms with Crippen molar-refractivity contribution in [2.24, 2.45) is 0 Å². The average Bonchev–Trinajstić information content (AvgIpc) is 3.28. The number of rotatable bonds is 6. The predicted molar refractivity (Wildman–Crippen MR) is 102 cm³/mol. The van der Waals surface area contributed by atoms with Crippen LogP contribution in [0.15, 0.2) is 43.1 Å². The Kier molecular flexibility index (Phi) is 4.84. The molecular formula is C18H17N7OS. The summed E-state index contributed by atoms with van der Waals surface area (Å²) >= 11 is 1.54. The number of aryl methyl sites for hydroxylation is 1. The molecule has 0 aliphatic carbocycles. The first-order valence-electron chi connectivity index (χ1n) is 8.46. The summed E-state index contributed by atoms with van der Waals surface area (Å²) in [5.74, 6) is -0.174. The lowest BCUT2D eigenvalue weighted by Gasteiger charge is -2.05. The van der Waals surface area contributed by atoms with Gasteiger partial charge in [-0.2, -0.15) is 0 Å². The van der Waals surface area contributed by atoms with Gasteiger partial charge in [-0.25, -0.2) is 9.97 Å². The van der Waals surface area contributed by atoms with Gasteiger partial charge in [-0.05, 0) is 24.6 Å². The molecule has 8 nitrogen and oxygen atoms in total. The highest BCUT2D eigenvalue weighted by Gasteiger charge is 2.11. The zero-order valence-corrected chi connectivity index (χ0v) is 15.5. The Morgan fingerprint density at radius 3 is 2.96 bits per heavy atom. The Bertz CT molecular complexity index is 1070. The second-order valence-electron chi connectivity index (χ2n) is 6.02. The van der Waals surface area contributed by atoms with E-state index in [4.69, 9.17) is 0 Å². The van der Waals surface area contributed by atoms with E-state index in [-0.39, 0.29) is 5.91 Å². The van der Waals surface area contributed by atoms with Crippen LogP contribution < -0.4 is 5.32 Å². The first-order valence-corrected chi connectivity index (χ1v) is 9.27. The number of pyridine rings is 2. The van der Waals surface area contributed by atoms with Gasteiger partial charge in [-0.1, -0.05) is 6.07 Å². The molecule has 4 heterocycles. The minimum atomic E-state index is -0.174. The molecule has 1 amide bonds. The number of nitrogens with one attached hydrogen (secondary N) is 1. The van der Waals surface area contributed by atoms with E-state index in [1.807, 2.05) is 29.8 Å². The molecule has 0 aliphatic heterocycles. The van der Waals surface area contributed by atoms with Crippen LogP contribution in [0.2, 0.25) is 0 Å². The minimum Gasteiger partial charge on any atom is -0.352 e.